The molecule has 1 saturated heterocycles. The second-order valence-corrected chi connectivity index (χ2v) is 10.2. The van der Waals surface area contributed by atoms with Crippen molar-refractivity contribution in [2.75, 3.05) is 35.8 Å². The number of carbonyl (C=O) groups is 1. The molecule has 4 aromatic rings. The van der Waals surface area contributed by atoms with Crippen molar-refractivity contribution in [1.29, 1.82) is 0 Å². The summed E-state index contributed by atoms with van der Waals surface area (Å²) in [6.45, 7) is 4.50. The Bertz CT molecular complexity index is 1570. The van der Waals surface area contributed by atoms with E-state index in [1.807, 2.05) is 6.07 Å². The number of para-hydroxylation sites is 1. The summed E-state index contributed by atoms with van der Waals surface area (Å²) >= 11 is 0. The standard InChI is InChI=1S/C25H25N5O4S/c1-17-5-4-6-18(15-17)29-11-13-30(14-12-29)24(31)20-7-2-3-8-21(20)28-35(33,34)19-9-10-22-23(16-19)27-25(32)26-22/h2-10,15-16,28H,11-14H2,1H3,(H2,26,27,32). The SMILES string of the molecule is Cc1cccc(N2CCN(C(=O)c3ccccc3NS(=O)(=O)c3ccc4[nH]c(=O)[nH]c4c3)CC2)c1. The van der Waals surface area contributed by atoms with Crippen molar-refractivity contribution in [3.63, 3.8) is 0 Å². The van der Waals surface area contributed by atoms with E-state index in [1.54, 1.807) is 29.2 Å². The van der Waals surface area contributed by atoms with Gasteiger partial charge in [0.15, 0.2) is 0 Å². The van der Waals surface area contributed by atoms with Gasteiger partial charge in [0, 0.05) is 31.9 Å². The van der Waals surface area contributed by atoms with Gasteiger partial charge in [-0.15, -0.1) is 0 Å². The number of nitrogens with one attached hydrogen (secondary N) is 3. The number of aromatic nitrogens is 2. The number of aromatic amines is 2. The number of nitrogens with zero attached hydrogens (tertiary/aromatic N) is 2. The molecule has 1 aliphatic rings. The first-order valence-corrected chi connectivity index (χ1v) is 12.7. The third-order valence-electron chi connectivity index (χ3n) is 6.13. The molecule has 0 bridgehead atoms. The molecule has 35 heavy (non-hydrogen) atoms. The Labute approximate surface area is 202 Å². The number of fused-ring (bicyclic) bond motifs is 1. The van der Waals surface area contributed by atoms with Crippen LogP contribution in [-0.4, -0.2) is 55.4 Å². The summed E-state index contributed by atoms with van der Waals surface area (Å²) in [5.41, 5.74) is 3.29. The fraction of sp³-hybridized carbons (Fsp3) is 0.200. The summed E-state index contributed by atoms with van der Waals surface area (Å²) in [5.74, 6) is -0.224. The molecule has 2 heterocycles. The molecule has 1 fully saturated rings. The van der Waals surface area contributed by atoms with E-state index < -0.39 is 15.7 Å². The van der Waals surface area contributed by atoms with E-state index in [1.165, 1.54) is 23.8 Å². The van der Waals surface area contributed by atoms with E-state index >= 15 is 0 Å². The maximum Gasteiger partial charge on any atom is 0.323 e. The van der Waals surface area contributed by atoms with Gasteiger partial charge >= 0.3 is 5.69 Å². The third-order valence-corrected chi connectivity index (χ3v) is 7.50. The number of H-pyrrole nitrogens is 2. The van der Waals surface area contributed by atoms with Crippen LogP contribution in [0, 0.1) is 6.92 Å². The van der Waals surface area contributed by atoms with Gasteiger partial charge in [0.05, 0.1) is 27.2 Å². The van der Waals surface area contributed by atoms with E-state index in [0.29, 0.717) is 37.2 Å². The summed E-state index contributed by atoms with van der Waals surface area (Å²) < 4.78 is 28.7. The largest absolute Gasteiger partial charge is 0.368 e. The van der Waals surface area contributed by atoms with Gasteiger partial charge in [0.25, 0.3) is 15.9 Å². The van der Waals surface area contributed by atoms with Gasteiger partial charge in [0.1, 0.15) is 0 Å². The molecule has 180 valence electrons. The lowest BCUT2D eigenvalue weighted by Crippen LogP contribution is -2.49. The molecule has 0 saturated carbocycles. The maximum atomic E-state index is 13.3. The number of imidazole rings is 1. The first kappa shape index (κ1) is 22.7. The molecule has 1 aromatic heterocycles. The van der Waals surface area contributed by atoms with Crippen molar-refractivity contribution in [3.8, 4) is 0 Å². The zero-order chi connectivity index (χ0) is 24.6. The highest BCUT2D eigenvalue weighted by atomic mass is 32.2. The van der Waals surface area contributed by atoms with Gasteiger partial charge in [0.2, 0.25) is 0 Å². The highest BCUT2D eigenvalue weighted by Gasteiger charge is 2.25. The van der Waals surface area contributed by atoms with Crippen LogP contribution >= 0.6 is 0 Å². The summed E-state index contributed by atoms with van der Waals surface area (Å²) in [4.78, 5) is 34.0. The molecular weight excluding hydrogens is 466 g/mol. The number of sulfonamides is 1. The highest BCUT2D eigenvalue weighted by Crippen LogP contribution is 2.24. The lowest BCUT2D eigenvalue weighted by molar-refractivity contribution is 0.0748. The van der Waals surface area contributed by atoms with Gasteiger partial charge < -0.3 is 19.8 Å². The number of hydrogen-bond acceptors (Lipinski definition) is 5. The molecule has 0 atom stereocenters. The average Bonchev–Trinajstić information content (AvgIpc) is 3.23. The van der Waals surface area contributed by atoms with E-state index in [4.69, 9.17) is 0 Å². The zero-order valence-electron chi connectivity index (χ0n) is 19.1. The predicted octanol–water partition coefficient (Wildman–Crippen LogP) is 2.93. The van der Waals surface area contributed by atoms with Gasteiger partial charge in [-0.3, -0.25) is 9.52 Å². The maximum absolute atomic E-state index is 13.3. The molecule has 0 radical (unpaired) electrons. The number of aryl methyl sites for hydroxylation is 1. The fourth-order valence-corrected chi connectivity index (χ4v) is 5.41. The number of piperazine rings is 1. The quantitative estimate of drug-likeness (QED) is 0.397. The van der Waals surface area contributed by atoms with Crippen molar-refractivity contribution < 1.29 is 13.2 Å². The minimum Gasteiger partial charge on any atom is -0.368 e. The van der Waals surface area contributed by atoms with Crippen LogP contribution in [0.4, 0.5) is 11.4 Å². The molecule has 0 unspecified atom stereocenters. The van der Waals surface area contributed by atoms with E-state index in [9.17, 15) is 18.0 Å². The number of hydrogen-bond donors (Lipinski definition) is 3. The molecule has 0 aliphatic carbocycles. The Kier molecular flexibility index (Phi) is 5.81. The predicted molar refractivity (Wildman–Crippen MR) is 135 cm³/mol. The fourth-order valence-electron chi connectivity index (χ4n) is 4.30. The number of anilines is 2. The summed E-state index contributed by atoms with van der Waals surface area (Å²) in [7, 11) is -4.00. The smallest absolute Gasteiger partial charge is 0.323 e. The van der Waals surface area contributed by atoms with Crippen LogP contribution in [0.5, 0.6) is 0 Å². The summed E-state index contributed by atoms with van der Waals surface area (Å²) in [5, 5.41) is 0. The van der Waals surface area contributed by atoms with Crippen molar-refractivity contribution in [1.82, 2.24) is 14.9 Å². The minimum atomic E-state index is -4.00. The summed E-state index contributed by atoms with van der Waals surface area (Å²) in [6.07, 6.45) is 0. The molecule has 1 amide bonds. The molecule has 9 nitrogen and oxygen atoms in total. The van der Waals surface area contributed by atoms with Gasteiger partial charge in [-0.05, 0) is 55.0 Å². The number of benzene rings is 3. The Hall–Kier alpha value is -4.05. The van der Waals surface area contributed by atoms with Crippen LogP contribution in [0.2, 0.25) is 0 Å². The second-order valence-electron chi connectivity index (χ2n) is 8.56. The van der Waals surface area contributed by atoms with Crippen LogP contribution in [-0.2, 0) is 10.0 Å². The van der Waals surface area contributed by atoms with E-state index in [2.05, 4.69) is 44.7 Å². The average molecular weight is 492 g/mol. The second kappa shape index (κ2) is 8.95. The van der Waals surface area contributed by atoms with Crippen molar-refractivity contribution in [3.05, 3.63) is 88.3 Å². The number of carbonyl (C=O) groups excluding carboxylic acids is 1. The van der Waals surface area contributed by atoms with E-state index in [0.717, 1.165) is 5.69 Å². The van der Waals surface area contributed by atoms with Crippen LogP contribution in [0.25, 0.3) is 11.0 Å². The van der Waals surface area contributed by atoms with Crippen molar-refractivity contribution in [2.45, 2.75) is 11.8 Å². The molecule has 1 aliphatic heterocycles. The first-order chi connectivity index (χ1) is 16.8. The number of amides is 1. The zero-order valence-corrected chi connectivity index (χ0v) is 19.9. The Morgan fingerprint density at radius 2 is 1.63 bits per heavy atom. The van der Waals surface area contributed by atoms with Crippen molar-refractivity contribution >= 4 is 38.3 Å². The van der Waals surface area contributed by atoms with E-state index in [-0.39, 0.29) is 22.1 Å². The Morgan fingerprint density at radius 1 is 0.886 bits per heavy atom. The monoisotopic (exact) mass is 491 g/mol. The summed E-state index contributed by atoms with van der Waals surface area (Å²) in [6, 6.07) is 19.2. The van der Waals surface area contributed by atoms with Crippen LogP contribution in [0.3, 0.4) is 0 Å². The minimum absolute atomic E-state index is 0.0192. The highest BCUT2D eigenvalue weighted by molar-refractivity contribution is 7.92. The molecular formula is C25H25N5O4S. The van der Waals surface area contributed by atoms with Gasteiger partial charge in [-0.2, -0.15) is 0 Å². The topological polar surface area (TPSA) is 118 Å². The molecule has 0 spiro atoms. The van der Waals surface area contributed by atoms with Crippen molar-refractivity contribution in [2.24, 2.45) is 0 Å². The number of rotatable bonds is 5. The lowest BCUT2D eigenvalue weighted by atomic mass is 10.1. The van der Waals surface area contributed by atoms with Crippen LogP contribution in [0.15, 0.2) is 76.4 Å². The first-order valence-electron chi connectivity index (χ1n) is 11.2. The molecule has 10 heteroatoms. The lowest BCUT2D eigenvalue weighted by Gasteiger charge is -2.36. The molecule has 3 aromatic carbocycles. The Balaban J connectivity index is 1.34. The van der Waals surface area contributed by atoms with Crippen LogP contribution < -0.4 is 15.3 Å². The third kappa shape index (κ3) is 4.65. The van der Waals surface area contributed by atoms with Crippen LogP contribution in [0.1, 0.15) is 15.9 Å². The molecule has 3 N–H and O–H groups in total. The normalized spacial score (nSPS) is 14.3. The van der Waals surface area contributed by atoms with Gasteiger partial charge in [-0.25, -0.2) is 13.2 Å². The Morgan fingerprint density at radius 3 is 2.40 bits per heavy atom. The van der Waals surface area contributed by atoms with Gasteiger partial charge in [-0.1, -0.05) is 24.3 Å². The molecule has 5 rings (SSSR count).